The molecule has 1 aliphatic heterocycles. The number of rotatable bonds is 14. The van der Waals surface area contributed by atoms with Gasteiger partial charge in [0.15, 0.2) is 0 Å². The minimum absolute atomic E-state index is 0.0640. The van der Waals surface area contributed by atoms with E-state index in [0.29, 0.717) is 12.0 Å². The smallest absolute Gasteiger partial charge is 0.0993 e. The average molecular weight is 1040 g/mol. The van der Waals surface area contributed by atoms with E-state index in [9.17, 15) is 5.26 Å². The Kier molecular flexibility index (Phi) is 13.8. The van der Waals surface area contributed by atoms with Crippen molar-refractivity contribution in [2.75, 3.05) is 14.7 Å². The molecule has 6 heteroatoms. The van der Waals surface area contributed by atoms with E-state index in [-0.39, 0.29) is 5.92 Å². The van der Waals surface area contributed by atoms with E-state index in [1.54, 1.807) is 0 Å². The molecule has 0 radical (unpaired) electrons. The third kappa shape index (κ3) is 9.09. The van der Waals surface area contributed by atoms with Gasteiger partial charge in [0.05, 0.1) is 50.9 Å². The summed E-state index contributed by atoms with van der Waals surface area (Å²) in [5, 5.41) is 14.7. The fourth-order valence-electron chi connectivity index (χ4n) is 12.1. The SMILES string of the molecule is C=C/C=C\C/C=C(\C)N(c1ccccc1)c1ccc2c(c1)c(/C=C\C)c(C=C)n2-c1cc(C#N)cc(-n2c3ccccc3c3cc(N(c4ccccc4)c4ccccc4)ccc32)c1N1C2=CC(C=C(C)C=C2)C2=C1CC=CC(C)=C2. The summed E-state index contributed by atoms with van der Waals surface area (Å²) in [6.45, 7) is 17.1. The first-order chi connectivity index (χ1) is 39.3. The second-order valence-corrected chi connectivity index (χ2v) is 20.6. The minimum atomic E-state index is 0.0640. The second-order valence-electron chi connectivity index (χ2n) is 20.6. The van der Waals surface area contributed by atoms with E-state index in [4.69, 9.17) is 0 Å². The van der Waals surface area contributed by atoms with Crippen LogP contribution >= 0.6 is 0 Å². The Bertz CT molecular complexity index is 4230. The van der Waals surface area contributed by atoms with Crippen LogP contribution in [-0.2, 0) is 0 Å². The number of nitrogens with zero attached hydrogens (tertiary/aromatic N) is 6. The molecule has 3 aliphatic rings. The zero-order chi connectivity index (χ0) is 54.9. The predicted molar refractivity (Wildman–Crippen MR) is 340 cm³/mol. The van der Waals surface area contributed by atoms with Gasteiger partial charge in [0.2, 0.25) is 0 Å². The molecule has 0 saturated carbocycles. The van der Waals surface area contributed by atoms with Gasteiger partial charge in [-0.25, -0.2) is 0 Å². The van der Waals surface area contributed by atoms with Crippen molar-refractivity contribution in [2.45, 2.75) is 40.5 Å². The predicted octanol–water partition coefficient (Wildman–Crippen LogP) is 19.9. The molecule has 6 nitrogen and oxygen atoms in total. The van der Waals surface area contributed by atoms with E-state index in [1.807, 2.05) is 18.2 Å². The number of aromatic nitrogens is 2. The highest BCUT2D eigenvalue weighted by Crippen LogP contribution is 2.50. The summed E-state index contributed by atoms with van der Waals surface area (Å²) in [5.74, 6) is 0.0640. The largest absolute Gasteiger partial charge is 0.315 e. The van der Waals surface area contributed by atoms with E-state index < -0.39 is 0 Å². The summed E-state index contributed by atoms with van der Waals surface area (Å²) in [4.78, 5) is 7.14. The normalized spacial score (nSPS) is 15.2. The Balaban J connectivity index is 1.18. The summed E-state index contributed by atoms with van der Waals surface area (Å²) < 4.78 is 4.75. The van der Waals surface area contributed by atoms with Crippen molar-refractivity contribution in [1.29, 1.82) is 5.26 Å². The van der Waals surface area contributed by atoms with Crippen LogP contribution in [0.3, 0.4) is 0 Å². The summed E-state index contributed by atoms with van der Waals surface area (Å²) in [7, 11) is 0. The van der Waals surface area contributed by atoms with Crippen LogP contribution in [0.5, 0.6) is 0 Å². The van der Waals surface area contributed by atoms with Crippen molar-refractivity contribution in [3.63, 3.8) is 0 Å². The lowest BCUT2D eigenvalue weighted by Crippen LogP contribution is -2.29. The van der Waals surface area contributed by atoms with Gasteiger partial charge in [-0.2, -0.15) is 5.26 Å². The molecule has 1 unspecified atom stereocenters. The number of benzene rings is 7. The fraction of sp³-hybridized carbons (Fsp3) is 0.0946. The van der Waals surface area contributed by atoms with Crippen LogP contribution in [0.15, 0.2) is 284 Å². The van der Waals surface area contributed by atoms with Crippen LogP contribution in [-0.4, -0.2) is 9.13 Å². The molecule has 1 atom stereocenters. The molecule has 2 aliphatic carbocycles. The third-order valence-corrected chi connectivity index (χ3v) is 15.5. The first kappa shape index (κ1) is 50.7. The number of hydrogen-bond acceptors (Lipinski definition) is 4. The molecule has 0 saturated heterocycles. The Hall–Kier alpha value is -10.1. The summed E-state index contributed by atoms with van der Waals surface area (Å²) in [5.41, 5.74) is 20.5. The molecule has 12 rings (SSSR count). The first-order valence-electron chi connectivity index (χ1n) is 27.5. The maximum atomic E-state index is 11.4. The lowest BCUT2D eigenvalue weighted by Gasteiger charge is -2.38. The van der Waals surface area contributed by atoms with E-state index in [1.165, 1.54) is 22.4 Å². The molecule has 0 amide bonds. The number of anilines is 6. The molecule has 0 spiro atoms. The van der Waals surface area contributed by atoms with Crippen LogP contribution in [0.1, 0.15) is 57.4 Å². The highest BCUT2D eigenvalue weighted by Gasteiger charge is 2.34. The Morgan fingerprint density at radius 3 is 1.99 bits per heavy atom. The maximum absolute atomic E-state index is 11.4. The van der Waals surface area contributed by atoms with E-state index in [0.717, 1.165) is 107 Å². The van der Waals surface area contributed by atoms with E-state index in [2.05, 4.69) is 301 Å². The minimum Gasteiger partial charge on any atom is -0.315 e. The molecular formula is C74H62N6. The quantitative estimate of drug-likeness (QED) is 0.102. The number of para-hydroxylation sites is 4. The van der Waals surface area contributed by atoms with Crippen LogP contribution < -0.4 is 14.7 Å². The molecule has 3 heterocycles. The fourth-order valence-corrected chi connectivity index (χ4v) is 12.1. The van der Waals surface area contributed by atoms with Crippen molar-refractivity contribution in [3.05, 3.63) is 300 Å². The van der Waals surface area contributed by atoms with Gasteiger partial charge in [0, 0.05) is 79.6 Å². The summed E-state index contributed by atoms with van der Waals surface area (Å²) in [6, 6.07) is 60.9. The molecular weight excluding hydrogens is 973 g/mol. The monoisotopic (exact) mass is 1030 g/mol. The van der Waals surface area contributed by atoms with Crippen molar-refractivity contribution in [1.82, 2.24) is 9.13 Å². The van der Waals surface area contributed by atoms with Crippen molar-refractivity contribution < 1.29 is 0 Å². The van der Waals surface area contributed by atoms with Crippen LogP contribution in [0.4, 0.5) is 34.1 Å². The van der Waals surface area contributed by atoms with Crippen LogP contribution in [0, 0.1) is 17.2 Å². The van der Waals surface area contributed by atoms with Gasteiger partial charge >= 0.3 is 0 Å². The summed E-state index contributed by atoms with van der Waals surface area (Å²) >= 11 is 0. The Morgan fingerprint density at radius 1 is 0.662 bits per heavy atom. The average Bonchev–Trinajstić information content (AvgIpc) is 3.65. The van der Waals surface area contributed by atoms with Gasteiger partial charge in [-0.15, -0.1) is 0 Å². The van der Waals surface area contributed by atoms with Crippen LogP contribution in [0.2, 0.25) is 0 Å². The van der Waals surface area contributed by atoms with Gasteiger partial charge in [0.1, 0.15) is 0 Å². The van der Waals surface area contributed by atoms with Gasteiger partial charge < -0.3 is 23.8 Å². The third-order valence-electron chi connectivity index (χ3n) is 15.5. The standard InChI is InChI=1S/C74H62N6/c1-7-10-11-15-27-53(6)76(56-28-16-12-17-29-56)60-39-41-70-65(48-60)62(25-8-2)67(9-3)79(70)72-45-54(50-75)46-73(74(72)78-59-38-37-52(5)43-55(47-59)64-44-51(4)26-24-36-69(64)78)80-68-35-23-22-34-63(68)66-49-61(40-42-71(66)80)77(57-30-18-13-19-31-57)58-32-20-14-21-33-58/h7-14,16-35,37-49,55H,1,3,15,36H2,2,4-6H3/b11-10-,25-8-,53-27+. The lowest BCUT2D eigenvalue weighted by atomic mass is 9.89. The Morgan fingerprint density at radius 2 is 1.30 bits per heavy atom. The van der Waals surface area contributed by atoms with Gasteiger partial charge in [-0.3, -0.25) is 0 Å². The molecule has 388 valence electrons. The van der Waals surface area contributed by atoms with Crippen molar-refractivity contribution >= 4 is 79.0 Å². The molecule has 80 heavy (non-hydrogen) atoms. The molecule has 2 aromatic heterocycles. The number of allylic oxidation sites excluding steroid dienone is 16. The van der Waals surface area contributed by atoms with Gasteiger partial charge in [-0.1, -0.05) is 164 Å². The molecule has 2 bridgehead atoms. The zero-order valence-electron chi connectivity index (χ0n) is 45.8. The lowest BCUT2D eigenvalue weighted by molar-refractivity contribution is 0.863. The van der Waals surface area contributed by atoms with Gasteiger partial charge in [-0.05, 0) is 149 Å². The maximum Gasteiger partial charge on any atom is 0.0993 e. The first-order valence-corrected chi connectivity index (χ1v) is 27.5. The molecule has 7 aromatic carbocycles. The van der Waals surface area contributed by atoms with Crippen molar-refractivity contribution in [3.8, 4) is 17.4 Å². The molecule has 0 N–H and O–H groups in total. The number of hydrogen-bond donors (Lipinski definition) is 0. The number of fused-ring (bicyclic) bond motifs is 6. The molecule has 9 aromatic rings. The second kappa shape index (κ2) is 21.7. The van der Waals surface area contributed by atoms with Crippen LogP contribution in [0.25, 0.3) is 56.2 Å². The van der Waals surface area contributed by atoms with Crippen molar-refractivity contribution in [2.24, 2.45) is 5.92 Å². The zero-order valence-corrected chi connectivity index (χ0v) is 45.8. The summed E-state index contributed by atoms with van der Waals surface area (Å²) in [6.07, 6.45) is 32.1. The van der Waals surface area contributed by atoms with E-state index >= 15 is 0 Å². The highest BCUT2D eigenvalue weighted by molar-refractivity contribution is 6.12. The molecule has 0 fully saturated rings. The topological polar surface area (TPSA) is 43.4 Å². The van der Waals surface area contributed by atoms with Gasteiger partial charge in [0.25, 0.3) is 0 Å². The highest BCUT2D eigenvalue weighted by atomic mass is 15.2. The Labute approximate surface area is 470 Å². The number of nitriles is 1.